The number of aromatic nitrogens is 2. The summed E-state index contributed by atoms with van der Waals surface area (Å²) in [7, 11) is 0. The molecule has 0 N–H and O–H groups in total. The molecule has 2 aromatic carbocycles. The van der Waals surface area contributed by atoms with Crippen molar-refractivity contribution in [2.45, 2.75) is 18.1 Å². The van der Waals surface area contributed by atoms with Crippen LogP contribution in [0.15, 0.2) is 82.1 Å². The number of thioether (sulfide) groups is 1. The summed E-state index contributed by atoms with van der Waals surface area (Å²) in [4.78, 5) is 31.2. The highest BCUT2D eigenvalue weighted by Crippen LogP contribution is 2.26. The highest BCUT2D eigenvalue weighted by molar-refractivity contribution is 7.99. The molecule has 0 aliphatic rings. The molecule has 28 heavy (non-hydrogen) atoms. The Kier molecular flexibility index (Phi) is 5.41. The van der Waals surface area contributed by atoms with Gasteiger partial charge in [-0.3, -0.25) is 14.2 Å². The molecule has 0 aliphatic carbocycles. The summed E-state index contributed by atoms with van der Waals surface area (Å²) in [6, 6.07) is 20.7. The number of ketones is 1. The Hall–Kier alpha value is -2.70. The van der Waals surface area contributed by atoms with Crippen LogP contribution in [0.5, 0.6) is 0 Å². The van der Waals surface area contributed by atoms with Gasteiger partial charge in [-0.15, -0.1) is 11.3 Å². The van der Waals surface area contributed by atoms with E-state index in [-0.39, 0.29) is 23.1 Å². The molecule has 6 heteroatoms. The maximum atomic E-state index is 13.3. The number of benzene rings is 2. The van der Waals surface area contributed by atoms with Gasteiger partial charge in [0, 0.05) is 0 Å². The first-order valence-corrected chi connectivity index (χ1v) is 10.8. The first kappa shape index (κ1) is 18.7. The predicted molar refractivity (Wildman–Crippen MR) is 116 cm³/mol. The molecular formula is C22H18N2O2S2. The fourth-order valence-electron chi connectivity index (χ4n) is 3.09. The summed E-state index contributed by atoms with van der Waals surface area (Å²) in [6.07, 6.45) is 0. The SMILES string of the molecule is C[C@H](c1ccccc1)n1c(SCC(=O)c2cccs2)nc2ccccc2c1=O. The number of fused-ring (bicyclic) bond motifs is 1. The molecule has 4 aromatic rings. The fourth-order valence-corrected chi connectivity index (χ4v) is 4.80. The normalized spacial score (nSPS) is 12.2. The highest BCUT2D eigenvalue weighted by atomic mass is 32.2. The molecule has 0 aliphatic heterocycles. The zero-order chi connectivity index (χ0) is 19.5. The average molecular weight is 407 g/mol. The highest BCUT2D eigenvalue weighted by Gasteiger charge is 2.19. The third kappa shape index (κ3) is 3.66. The van der Waals surface area contributed by atoms with Gasteiger partial charge in [0.1, 0.15) is 0 Å². The number of Topliss-reactive ketones (excluding diaryl/α,β-unsaturated/α-hetero) is 1. The van der Waals surface area contributed by atoms with Crippen molar-refractivity contribution in [1.82, 2.24) is 9.55 Å². The largest absolute Gasteiger partial charge is 0.292 e. The van der Waals surface area contributed by atoms with E-state index in [9.17, 15) is 9.59 Å². The standard InChI is InChI=1S/C22H18N2O2S2/c1-15(16-8-3-2-4-9-16)24-21(26)17-10-5-6-11-18(17)23-22(24)28-14-19(25)20-12-7-13-27-20/h2-13,15H,14H2,1H3/t15-/m1/s1. The van der Waals surface area contributed by atoms with Crippen LogP contribution in [0.25, 0.3) is 10.9 Å². The van der Waals surface area contributed by atoms with Gasteiger partial charge in [0.05, 0.1) is 27.6 Å². The lowest BCUT2D eigenvalue weighted by Gasteiger charge is -2.19. The summed E-state index contributed by atoms with van der Waals surface area (Å²) < 4.78 is 1.70. The fraction of sp³-hybridized carbons (Fsp3) is 0.136. The Morgan fingerprint density at radius 2 is 1.82 bits per heavy atom. The smallest absolute Gasteiger partial charge is 0.262 e. The third-order valence-corrected chi connectivity index (χ3v) is 6.44. The lowest BCUT2D eigenvalue weighted by atomic mass is 10.1. The van der Waals surface area contributed by atoms with E-state index in [1.54, 1.807) is 10.6 Å². The Morgan fingerprint density at radius 1 is 1.07 bits per heavy atom. The van der Waals surface area contributed by atoms with Gasteiger partial charge in [-0.2, -0.15) is 0 Å². The number of hydrogen-bond donors (Lipinski definition) is 0. The molecular weight excluding hydrogens is 388 g/mol. The van der Waals surface area contributed by atoms with Gasteiger partial charge in [0.2, 0.25) is 0 Å². The first-order chi connectivity index (χ1) is 13.6. The van der Waals surface area contributed by atoms with E-state index in [0.717, 1.165) is 10.4 Å². The van der Waals surface area contributed by atoms with Crippen LogP contribution in [0.3, 0.4) is 0 Å². The summed E-state index contributed by atoms with van der Waals surface area (Å²) >= 11 is 2.74. The Labute approximate surface area is 170 Å². The van der Waals surface area contributed by atoms with Crippen LogP contribution in [0, 0.1) is 0 Å². The van der Waals surface area contributed by atoms with E-state index in [1.165, 1.54) is 23.1 Å². The van der Waals surface area contributed by atoms with E-state index in [2.05, 4.69) is 0 Å². The van der Waals surface area contributed by atoms with Gasteiger partial charge >= 0.3 is 0 Å². The van der Waals surface area contributed by atoms with E-state index in [1.807, 2.05) is 73.0 Å². The van der Waals surface area contributed by atoms with Crippen LogP contribution in [0.1, 0.15) is 28.2 Å². The molecule has 0 radical (unpaired) electrons. The number of rotatable bonds is 6. The second-order valence-corrected chi connectivity index (χ2v) is 8.25. The number of hydrogen-bond acceptors (Lipinski definition) is 5. The number of carbonyl (C=O) groups is 1. The maximum Gasteiger partial charge on any atom is 0.262 e. The predicted octanol–water partition coefficient (Wildman–Crippen LogP) is 5.04. The van der Waals surface area contributed by atoms with Crippen LogP contribution in [-0.2, 0) is 0 Å². The molecule has 0 saturated carbocycles. The maximum absolute atomic E-state index is 13.3. The minimum Gasteiger partial charge on any atom is -0.292 e. The zero-order valence-electron chi connectivity index (χ0n) is 15.2. The number of nitrogens with zero attached hydrogens (tertiary/aromatic N) is 2. The van der Waals surface area contributed by atoms with Gasteiger partial charge in [-0.05, 0) is 36.1 Å². The summed E-state index contributed by atoms with van der Waals surface area (Å²) in [5.41, 5.74) is 1.58. The van der Waals surface area contributed by atoms with Crippen molar-refractivity contribution in [1.29, 1.82) is 0 Å². The van der Waals surface area contributed by atoms with Crippen LogP contribution >= 0.6 is 23.1 Å². The molecule has 0 bridgehead atoms. The molecule has 2 aromatic heterocycles. The molecule has 0 amide bonds. The molecule has 0 saturated heterocycles. The molecule has 140 valence electrons. The minimum atomic E-state index is -0.190. The first-order valence-electron chi connectivity index (χ1n) is 8.91. The number of para-hydroxylation sites is 1. The molecule has 1 atom stereocenters. The van der Waals surface area contributed by atoms with Crippen molar-refractivity contribution in [2.24, 2.45) is 0 Å². The van der Waals surface area contributed by atoms with Crippen molar-refractivity contribution < 1.29 is 4.79 Å². The monoisotopic (exact) mass is 406 g/mol. The second kappa shape index (κ2) is 8.12. The number of thiophene rings is 1. The topological polar surface area (TPSA) is 52.0 Å². The van der Waals surface area contributed by atoms with Gasteiger partial charge in [0.15, 0.2) is 10.9 Å². The van der Waals surface area contributed by atoms with Crippen LogP contribution in [0.2, 0.25) is 0 Å². The summed E-state index contributed by atoms with van der Waals surface area (Å²) in [5, 5.41) is 3.03. The van der Waals surface area contributed by atoms with Crippen LogP contribution < -0.4 is 5.56 Å². The van der Waals surface area contributed by atoms with Gasteiger partial charge < -0.3 is 0 Å². The zero-order valence-corrected chi connectivity index (χ0v) is 16.9. The molecule has 0 spiro atoms. The third-order valence-electron chi connectivity index (χ3n) is 4.57. The molecule has 4 nitrogen and oxygen atoms in total. The summed E-state index contributed by atoms with van der Waals surface area (Å²) in [5.74, 6) is 0.286. The Balaban J connectivity index is 1.77. The van der Waals surface area contributed by atoms with E-state index >= 15 is 0 Å². The van der Waals surface area contributed by atoms with E-state index in [0.29, 0.717) is 16.1 Å². The van der Waals surface area contributed by atoms with E-state index < -0.39 is 0 Å². The molecule has 0 fully saturated rings. The lowest BCUT2D eigenvalue weighted by molar-refractivity contribution is 0.102. The van der Waals surface area contributed by atoms with E-state index in [4.69, 9.17) is 4.98 Å². The van der Waals surface area contributed by atoms with Gasteiger partial charge in [0.25, 0.3) is 5.56 Å². The average Bonchev–Trinajstić information content (AvgIpc) is 3.27. The van der Waals surface area contributed by atoms with Gasteiger partial charge in [-0.25, -0.2) is 4.98 Å². The van der Waals surface area contributed by atoms with Crippen molar-refractivity contribution in [3.8, 4) is 0 Å². The van der Waals surface area contributed by atoms with Crippen molar-refractivity contribution >= 4 is 39.8 Å². The number of carbonyl (C=O) groups excluding carboxylic acids is 1. The van der Waals surface area contributed by atoms with Gasteiger partial charge in [-0.1, -0.05) is 60.3 Å². The second-order valence-electron chi connectivity index (χ2n) is 6.36. The van der Waals surface area contributed by atoms with Crippen LogP contribution in [-0.4, -0.2) is 21.1 Å². The quantitative estimate of drug-likeness (QED) is 0.256. The Morgan fingerprint density at radius 3 is 2.57 bits per heavy atom. The van der Waals surface area contributed by atoms with Crippen molar-refractivity contribution in [2.75, 3.05) is 5.75 Å². The summed E-state index contributed by atoms with van der Waals surface area (Å²) in [6.45, 7) is 1.98. The lowest BCUT2D eigenvalue weighted by Crippen LogP contribution is -2.27. The molecule has 2 heterocycles. The van der Waals surface area contributed by atoms with Crippen LogP contribution in [0.4, 0.5) is 0 Å². The minimum absolute atomic E-state index is 0.0429. The molecule has 0 unspecified atom stereocenters. The Bertz CT molecular complexity index is 1170. The molecule has 4 rings (SSSR count). The van der Waals surface area contributed by atoms with Crippen molar-refractivity contribution in [3.05, 3.63) is 92.9 Å². The van der Waals surface area contributed by atoms with Crippen molar-refractivity contribution in [3.63, 3.8) is 0 Å².